The van der Waals surface area contributed by atoms with Crippen molar-refractivity contribution in [2.75, 3.05) is 25.6 Å². The second kappa shape index (κ2) is 9.75. The Morgan fingerprint density at radius 2 is 2.04 bits per heavy atom. The van der Waals surface area contributed by atoms with E-state index in [-0.39, 0.29) is 12.3 Å². The van der Waals surface area contributed by atoms with Crippen LogP contribution in [0.5, 0.6) is 5.75 Å². The van der Waals surface area contributed by atoms with Crippen LogP contribution in [0, 0.1) is 5.41 Å². The zero-order valence-electron chi connectivity index (χ0n) is 14.5. The number of nitrogens with one attached hydrogen (secondary N) is 2. The van der Waals surface area contributed by atoms with E-state index in [9.17, 15) is 4.79 Å². The minimum absolute atomic E-state index is 0.159. The summed E-state index contributed by atoms with van der Waals surface area (Å²) in [4.78, 5) is 12.4. The van der Waals surface area contributed by atoms with Crippen LogP contribution in [0.15, 0.2) is 49.0 Å². The van der Waals surface area contributed by atoms with E-state index in [2.05, 4.69) is 11.9 Å². The lowest BCUT2D eigenvalue weighted by atomic mass is 10.1. The van der Waals surface area contributed by atoms with E-state index < -0.39 is 0 Å². The van der Waals surface area contributed by atoms with Crippen molar-refractivity contribution in [2.24, 2.45) is 0 Å². The molecule has 0 aromatic heterocycles. The van der Waals surface area contributed by atoms with Crippen molar-refractivity contribution in [3.05, 3.63) is 65.2 Å². The van der Waals surface area contributed by atoms with Gasteiger partial charge in [-0.2, -0.15) is 0 Å². The molecule has 5 nitrogen and oxygen atoms in total. The molecule has 0 radical (unpaired) electrons. The molecule has 0 aliphatic heterocycles. The van der Waals surface area contributed by atoms with Crippen LogP contribution in [0.25, 0.3) is 5.57 Å². The Morgan fingerprint density at radius 3 is 2.73 bits per heavy atom. The lowest BCUT2D eigenvalue weighted by Crippen LogP contribution is -2.16. The van der Waals surface area contributed by atoms with Crippen LogP contribution in [-0.4, -0.2) is 32.4 Å². The van der Waals surface area contributed by atoms with Crippen LogP contribution in [-0.2, 0) is 16.0 Å². The van der Waals surface area contributed by atoms with Gasteiger partial charge in [-0.05, 0) is 34.9 Å². The molecule has 0 fully saturated rings. The van der Waals surface area contributed by atoms with E-state index in [1.807, 2.05) is 18.2 Å². The third kappa shape index (κ3) is 5.44. The van der Waals surface area contributed by atoms with Gasteiger partial charge in [0.05, 0.1) is 18.7 Å². The minimum Gasteiger partial charge on any atom is -0.489 e. The Labute approximate surface area is 158 Å². The molecule has 2 N–H and O–H groups in total. The highest BCUT2D eigenvalue weighted by Gasteiger charge is 2.12. The van der Waals surface area contributed by atoms with E-state index in [0.29, 0.717) is 35.2 Å². The molecule has 6 heteroatoms. The number of benzene rings is 2. The number of hydrogen-bond acceptors (Lipinski definition) is 4. The summed E-state index contributed by atoms with van der Waals surface area (Å²) in [6.45, 7) is 4.57. The first-order valence-electron chi connectivity index (χ1n) is 8.04. The van der Waals surface area contributed by atoms with Gasteiger partial charge in [-0.1, -0.05) is 42.4 Å². The third-order valence-corrected chi connectivity index (χ3v) is 4.02. The highest BCUT2D eigenvalue weighted by atomic mass is 35.5. The average molecular weight is 373 g/mol. The third-order valence-electron chi connectivity index (χ3n) is 3.65. The summed E-state index contributed by atoms with van der Waals surface area (Å²) < 4.78 is 10.7. The van der Waals surface area contributed by atoms with Crippen LogP contribution in [0.4, 0.5) is 5.69 Å². The van der Waals surface area contributed by atoms with Gasteiger partial charge in [0.2, 0.25) is 5.91 Å². The predicted molar refractivity (Wildman–Crippen MR) is 105 cm³/mol. The first kappa shape index (κ1) is 19.7. The molecule has 0 aliphatic carbocycles. The molecule has 0 saturated carbocycles. The molecule has 0 bridgehead atoms. The molecule has 26 heavy (non-hydrogen) atoms. The Hall–Kier alpha value is -2.63. The second-order valence-electron chi connectivity index (χ2n) is 5.54. The maximum Gasteiger partial charge on any atom is 0.228 e. The summed E-state index contributed by atoms with van der Waals surface area (Å²) in [6.07, 6.45) is 1.33. The number of amides is 1. The maximum absolute atomic E-state index is 12.4. The highest BCUT2D eigenvalue weighted by molar-refractivity contribution is 6.31. The molecule has 0 saturated heterocycles. The summed E-state index contributed by atoms with van der Waals surface area (Å²) in [6, 6.07) is 12.5. The number of allylic oxidation sites excluding steroid dienone is 1. The van der Waals surface area contributed by atoms with Gasteiger partial charge in [0, 0.05) is 18.3 Å². The normalized spacial score (nSPS) is 10.2. The van der Waals surface area contributed by atoms with E-state index in [0.717, 1.165) is 11.1 Å². The molecule has 2 aromatic carbocycles. The highest BCUT2D eigenvalue weighted by Crippen LogP contribution is 2.28. The van der Waals surface area contributed by atoms with Crippen molar-refractivity contribution in [3.8, 4) is 5.75 Å². The Kier molecular flexibility index (Phi) is 7.38. The quantitative estimate of drug-likeness (QED) is 0.511. The number of carbonyl (C=O) groups excluding carboxylic acids is 1. The van der Waals surface area contributed by atoms with Crippen molar-refractivity contribution in [2.45, 2.75) is 6.42 Å². The van der Waals surface area contributed by atoms with Crippen LogP contribution >= 0.6 is 11.6 Å². The van der Waals surface area contributed by atoms with Crippen molar-refractivity contribution in [1.82, 2.24) is 0 Å². The Balaban J connectivity index is 2.17. The lowest BCUT2D eigenvalue weighted by molar-refractivity contribution is -0.115. The largest absolute Gasteiger partial charge is 0.489 e. The van der Waals surface area contributed by atoms with Gasteiger partial charge in [0.25, 0.3) is 0 Å². The van der Waals surface area contributed by atoms with Crippen molar-refractivity contribution < 1.29 is 14.3 Å². The monoisotopic (exact) mass is 372 g/mol. The van der Waals surface area contributed by atoms with E-state index in [1.165, 1.54) is 6.21 Å². The molecule has 136 valence electrons. The SMILES string of the molecule is C=C(C=N)c1ccc(NC(=O)Cc2ccccc2Cl)c(OCCOC)c1. The second-order valence-corrected chi connectivity index (χ2v) is 5.95. The number of carbonyl (C=O) groups is 1. The van der Waals surface area contributed by atoms with Crippen molar-refractivity contribution in [3.63, 3.8) is 0 Å². The topological polar surface area (TPSA) is 71.4 Å². The molecule has 0 heterocycles. The molecule has 1 amide bonds. The van der Waals surface area contributed by atoms with Crippen molar-refractivity contribution >= 4 is 35.0 Å². The minimum atomic E-state index is -0.201. The number of methoxy groups -OCH3 is 1. The summed E-state index contributed by atoms with van der Waals surface area (Å²) in [7, 11) is 1.59. The van der Waals surface area contributed by atoms with Gasteiger partial charge >= 0.3 is 0 Å². The number of anilines is 1. The fraction of sp³-hybridized carbons (Fsp3) is 0.200. The van der Waals surface area contributed by atoms with Gasteiger partial charge in [-0.15, -0.1) is 0 Å². The molecule has 0 aliphatic rings. The molecule has 2 aromatic rings. The van der Waals surface area contributed by atoms with Gasteiger partial charge in [-0.25, -0.2) is 0 Å². The van der Waals surface area contributed by atoms with Crippen molar-refractivity contribution in [1.29, 1.82) is 5.41 Å². The molecule has 0 spiro atoms. The Morgan fingerprint density at radius 1 is 1.27 bits per heavy atom. The van der Waals surface area contributed by atoms with E-state index >= 15 is 0 Å². The first-order valence-corrected chi connectivity index (χ1v) is 8.41. The predicted octanol–water partition coefficient (Wildman–Crippen LogP) is 4.21. The summed E-state index contributed by atoms with van der Waals surface area (Å²) in [5.41, 5.74) is 2.59. The first-order chi connectivity index (χ1) is 12.5. The molecular weight excluding hydrogens is 352 g/mol. The fourth-order valence-corrected chi connectivity index (χ4v) is 2.47. The Bertz CT molecular complexity index is 805. The standard InChI is InChI=1S/C20H21ClN2O3/c1-14(13-22)15-7-8-18(19(11-15)26-10-9-25-2)23-20(24)12-16-5-3-4-6-17(16)21/h3-8,11,13,22H,1,9-10,12H2,2H3,(H,23,24). The number of halogens is 1. The van der Waals surface area contributed by atoms with Gasteiger partial charge in [0.15, 0.2) is 0 Å². The molecule has 0 unspecified atom stereocenters. The number of ether oxygens (including phenoxy) is 2. The van der Waals surface area contributed by atoms with E-state index in [1.54, 1.807) is 31.4 Å². The zero-order chi connectivity index (χ0) is 18.9. The van der Waals surface area contributed by atoms with Crippen LogP contribution in [0.1, 0.15) is 11.1 Å². The summed E-state index contributed by atoms with van der Waals surface area (Å²) in [5, 5.41) is 10.7. The summed E-state index contributed by atoms with van der Waals surface area (Å²) in [5.74, 6) is 0.295. The van der Waals surface area contributed by atoms with Gasteiger partial charge in [-0.3, -0.25) is 4.79 Å². The van der Waals surface area contributed by atoms with Gasteiger partial charge < -0.3 is 20.2 Å². The van der Waals surface area contributed by atoms with Crippen LogP contribution in [0.2, 0.25) is 5.02 Å². The molecular formula is C20H21ClN2O3. The number of rotatable bonds is 9. The molecule has 2 rings (SSSR count). The van der Waals surface area contributed by atoms with Gasteiger partial charge in [0.1, 0.15) is 12.4 Å². The van der Waals surface area contributed by atoms with Crippen LogP contribution < -0.4 is 10.1 Å². The number of hydrogen-bond donors (Lipinski definition) is 2. The smallest absolute Gasteiger partial charge is 0.228 e. The zero-order valence-corrected chi connectivity index (χ0v) is 15.3. The molecule has 0 atom stereocenters. The summed E-state index contributed by atoms with van der Waals surface area (Å²) >= 11 is 6.11. The van der Waals surface area contributed by atoms with Crippen LogP contribution in [0.3, 0.4) is 0 Å². The lowest BCUT2D eigenvalue weighted by Gasteiger charge is -2.14. The van der Waals surface area contributed by atoms with E-state index in [4.69, 9.17) is 26.5 Å². The fourth-order valence-electron chi connectivity index (χ4n) is 2.27. The average Bonchev–Trinajstić information content (AvgIpc) is 2.64. The maximum atomic E-state index is 12.4.